The quantitative estimate of drug-likeness (QED) is 0.133. The molecule has 0 spiro atoms. The second-order valence-corrected chi connectivity index (χ2v) is 9.47. The Morgan fingerprint density at radius 1 is 1.23 bits per heavy atom. The van der Waals surface area contributed by atoms with Gasteiger partial charge in [0.1, 0.15) is 6.04 Å². The van der Waals surface area contributed by atoms with Crippen LogP contribution in [-0.4, -0.2) is 54.1 Å². The first-order valence-corrected chi connectivity index (χ1v) is 11.0. The van der Waals surface area contributed by atoms with Crippen LogP contribution in [0.5, 0.6) is 0 Å². The Balaban J connectivity index is 4.36. The molecule has 0 saturated carbocycles. The van der Waals surface area contributed by atoms with Crippen LogP contribution in [0.1, 0.15) is 27.7 Å². The number of nitrogens with one attached hydrogen (secondary N) is 2. The molecule has 3 N–H and O–H groups in total. The summed E-state index contributed by atoms with van der Waals surface area (Å²) in [6, 6.07) is -0.825. The number of carbonyl (C=O) groups excluding carboxylic acids is 2. The lowest BCUT2D eigenvalue weighted by molar-refractivity contribution is -0.149. The fourth-order valence-corrected chi connectivity index (χ4v) is 5.20. The molecular formula is C14H25N2O8PS. The lowest BCUT2D eigenvalue weighted by atomic mass is 10.4. The molecule has 0 rings (SSSR count). The third-order valence-corrected chi connectivity index (χ3v) is 6.58. The number of carboxylic acid groups (broad SMARTS) is 1. The molecule has 0 saturated heterocycles. The Morgan fingerprint density at radius 3 is 2.42 bits per heavy atom. The number of hydrogen-bond acceptors (Lipinski definition) is 9. The molecule has 0 unspecified atom stereocenters. The van der Waals surface area contributed by atoms with Crippen molar-refractivity contribution < 1.29 is 38.2 Å². The molecule has 0 fully saturated rings. The number of ether oxygens (including phenoxy) is 1. The molecule has 0 aliphatic rings. The predicted molar refractivity (Wildman–Crippen MR) is 96.4 cm³/mol. The fraction of sp³-hybridized carbons (Fsp3) is 0.643. The molecule has 0 radical (unpaired) electrons. The summed E-state index contributed by atoms with van der Waals surface area (Å²) in [5.41, 5.74) is 2.32. The first kappa shape index (κ1) is 24.6. The van der Waals surface area contributed by atoms with Gasteiger partial charge in [-0.2, -0.15) is 5.48 Å². The molecule has 0 aromatic carbocycles. The second-order valence-electron chi connectivity index (χ2n) is 5.07. The van der Waals surface area contributed by atoms with Gasteiger partial charge >= 0.3 is 24.6 Å². The molecule has 10 nitrogen and oxygen atoms in total. The standard InChI is InChI=1S/C14H25N2O8PS/c1-5-22-25(21,16-11(4)14(20)23-10(2)3)26-9-8-15-24-13(19)7-6-12(17)18/h6-7,10-11,15H,5,8-9H2,1-4H3,(H,16,21)(H,17,18)/b7-6+/t11-,25+/m0/s1. The van der Waals surface area contributed by atoms with Crippen molar-refractivity contribution in [3.63, 3.8) is 0 Å². The summed E-state index contributed by atoms with van der Waals surface area (Å²) in [6.45, 7) is 3.53. The van der Waals surface area contributed by atoms with Gasteiger partial charge in [0.2, 0.25) is 0 Å². The van der Waals surface area contributed by atoms with Gasteiger partial charge in [0.05, 0.1) is 12.7 Å². The van der Waals surface area contributed by atoms with Crippen LogP contribution in [0.2, 0.25) is 0 Å². The first-order chi connectivity index (χ1) is 12.1. The van der Waals surface area contributed by atoms with Crippen LogP contribution in [0.3, 0.4) is 0 Å². The highest BCUT2D eigenvalue weighted by Gasteiger charge is 2.29. The van der Waals surface area contributed by atoms with Crippen molar-refractivity contribution in [3.8, 4) is 0 Å². The monoisotopic (exact) mass is 412 g/mol. The van der Waals surface area contributed by atoms with Gasteiger partial charge in [0.15, 0.2) is 0 Å². The van der Waals surface area contributed by atoms with Crippen LogP contribution in [0.25, 0.3) is 0 Å². The molecule has 0 amide bonds. The minimum atomic E-state index is -3.37. The summed E-state index contributed by atoms with van der Waals surface area (Å²) in [7, 11) is 0. The largest absolute Gasteiger partial charge is 0.478 e. The normalized spacial score (nSPS) is 14.8. The smallest absolute Gasteiger partial charge is 0.349 e. The van der Waals surface area contributed by atoms with Crippen molar-refractivity contribution in [2.75, 3.05) is 18.9 Å². The van der Waals surface area contributed by atoms with Gasteiger partial charge in [-0.25, -0.2) is 14.7 Å². The average molecular weight is 412 g/mol. The van der Waals surface area contributed by atoms with E-state index < -0.39 is 30.7 Å². The fourth-order valence-electron chi connectivity index (χ4n) is 1.41. The predicted octanol–water partition coefficient (Wildman–Crippen LogP) is 1.48. The van der Waals surface area contributed by atoms with Crippen molar-refractivity contribution in [1.29, 1.82) is 0 Å². The minimum absolute atomic E-state index is 0.126. The van der Waals surface area contributed by atoms with Crippen molar-refractivity contribution in [2.24, 2.45) is 0 Å². The van der Waals surface area contributed by atoms with Crippen molar-refractivity contribution in [2.45, 2.75) is 39.8 Å². The molecule has 0 heterocycles. The number of aliphatic carboxylic acids is 1. The highest BCUT2D eigenvalue weighted by Crippen LogP contribution is 2.55. The third-order valence-electron chi connectivity index (χ3n) is 2.36. The van der Waals surface area contributed by atoms with E-state index in [-0.39, 0.29) is 25.0 Å². The first-order valence-electron chi connectivity index (χ1n) is 7.81. The topological polar surface area (TPSA) is 140 Å². The summed E-state index contributed by atoms with van der Waals surface area (Å²) in [6.07, 6.45) is 1.10. The van der Waals surface area contributed by atoms with Crippen LogP contribution >= 0.6 is 18.1 Å². The van der Waals surface area contributed by atoms with Gasteiger partial charge in [0, 0.05) is 24.4 Å². The van der Waals surface area contributed by atoms with E-state index in [0.29, 0.717) is 6.08 Å². The Hall–Kier alpha value is -1.39. The van der Waals surface area contributed by atoms with Crippen LogP contribution < -0.4 is 10.6 Å². The van der Waals surface area contributed by atoms with E-state index in [1.165, 1.54) is 6.92 Å². The number of rotatable bonds is 13. The van der Waals surface area contributed by atoms with E-state index in [0.717, 1.165) is 17.5 Å². The van der Waals surface area contributed by atoms with Gasteiger partial charge in [-0.3, -0.25) is 9.36 Å². The average Bonchev–Trinajstić information content (AvgIpc) is 2.52. The van der Waals surface area contributed by atoms with Gasteiger partial charge in [-0.05, 0) is 27.7 Å². The zero-order valence-electron chi connectivity index (χ0n) is 15.1. The summed E-state index contributed by atoms with van der Waals surface area (Å²) < 4.78 is 23.0. The van der Waals surface area contributed by atoms with Crippen molar-refractivity contribution in [1.82, 2.24) is 10.6 Å². The summed E-state index contributed by atoms with van der Waals surface area (Å²) >= 11 is 0.931. The van der Waals surface area contributed by atoms with Gasteiger partial charge in [-0.1, -0.05) is 11.4 Å². The summed E-state index contributed by atoms with van der Waals surface area (Å²) in [4.78, 5) is 37.7. The summed E-state index contributed by atoms with van der Waals surface area (Å²) in [5, 5.41) is 11.0. The number of esters is 1. The van der Waals surface area contributed by atoms with Crippen LogP contribution in [-0.2, 0) is 33.0 Å². The van der Waals surface area contributed by atoms with Gasteiger partial charge < -0.3 is 19.2 Å². The van der Waals surface area contributed by atoms with Crippen LogP contribution in [0, 0.1) is 0 Å². The maximum absolute atomic E-state index is 12.7. The molecular weight excluding hydrogens is 387 g/mol. The minimum Gasteiger partial charge on any atom is -0.478 e. The Labute approximate surface area is 156 Å². The molecule has 0 aliphatic heterocycles. The van der Waals surface area contributed by atoms with E-state index in [4.69, 9.17) is 14.4 Å². The highest BCUT2D eigenvalue weighted by atomic mass is 32.7. The maximum Gasteiger partial charge on any atom is 0.349 e. The molecule has 0 bridgehead atoms. The SMILES string of the molecule is CCO[P@](=O)(N[C@@H](C)C(=O)OC(C)C)SCCNOC(=O)/C=C/C(=O)O. The summed E-state index contributed by atoms with van der Waals surface area (Å²) in [5.74, 6) is -2.47. The number of hydroxylamine groups is 1. The third kappa shape index (κ3) is 12.0. The Morgan fingerprint density at radius 2 is 1.88 bits per heavy atom. The van der Waals surface area contributed by atoms with E-state index >= 15 is 0 Å². The second kappa shape index (κ2) is 12.9. The molecule has 0 aromatic rings. The highest BCUT2D eigenvalue weighted by molar-refractivity contribution is 8.56. The molecule has 26 heavy (non-hydrogen) atoms. The Bertz CT molecular complexity index is 555. The lowest BCUT2D eigenvalue weighted by Gasteiger charge is -2.22. The van der Waals surface area contributed by atoms with E-state index in [9.17, 15) is 18.9 Å². The molecule has 12 heteroatoms. The van der Waals surface area contributed by atoms with Crippen molar-refractivity contribution in [3.05, 3.63) is 12.2 Å². The number of hydrogen-bond donors (Lipinski definition) is 3. The van der Waals surface area contributed by atoms with Crippen molar-refractivity contribution >= 4 is 36.0 Å². The van der Waals surface area contributed by atoms with Crippen LogP contribution in [0.15, 0.2) is 12.2 Å². The van der Waals surface area contributed by atoms with Gasteiger partial charge in [-0.15, -0.1) is 0 Å². The maximum atomic E-state index is 12.7. The van der Waals surface area contributed by atoms with Gasteiger partial charge in [0.25, 0.3) is 0 Å². The number of carbonyl (C=O) groups is 3. The van der Waals surface area contributed by atoms with E-state index in [1.807, 2.05) is 0 Å². The molecule has 0 aliphatic carbocycles. The Kier molecular flexibility index (Phi) is 12.2. The van der Waals surface area contributed by atoms with E-state index in [1.54, 1.807) is 20.8 Å². The zero-order valence-corrected chi connectivity index (χ0v) is 16.8. The zero-order chi connectivity index (χ0) is 20.2. The number of carboxylic acids is 1. The lowest BCUT2D eigenvalue weighted by Crippen LogP contribution is -2.34. The van der Waals surface area contributed by atoms with Crippen LogP contribution in [0.4, 0.5) is 0 Å². The molecule has 2 atom stereocenters. The van der Waals surface area contributed by atoms with E-state index in [2.05, 4.69) is 15.4 Å². The molecule has 150 valence electrons. The molecule has 0 aromatic heterocycles.